The van der Waals surface area contributed by atoms with Crippen molar-refractivity contribution in [1.29, 1.82) is 0 Å². The minimum Gasteiger partial charge on any atom is -0.354 e. The average molecular weight is 361 g/mol. The van der Waals surface area contributed by atoms with Crippen molar-refractivity contribution in [3.8, 4) is 0 Å². The summed E-state index contributed by atoms with van der Waals surface area (Å²) in [5.74, 6) is 0.538. The monoisotopic (exact) mass is 360 g/mol. The number of carbonyl (C=O) groups excluding carboxylic acids is 1. The first-order valence-corrected chi connectivity index (χ1v) is 7.96. The zero-order valence-corrected chi connectivity index (χ0v) is 13.8. The highest BCUT2D eigenvalue weighted by Crippen LogP contribution is 2.23. The van der Waals surface area contributed by atoms with E-state index in [1.165, 1.54) is 0 Å². The SMILES string of the molecule is Cc1cc(Nc2ccc(NC(=O)NC3CC3)nc2)ccc1Br. The molecule has 3 rings (SSSR count). The normalized spacial score (nSPS) is 13.5. The molecule has 2 amide bonds. The number of carbonyl (C=O) groups is 1. The van der Waals surface area contributed by atoms with Crippen LogP contribution in [0, 0.1) is 6.92 Å². The lowest BCUT2D eigenvalue weighted by Crippen LogP contribution is -2.30. The fraction of sp³-hybridized carbons (Fsp3) is 0.250. The number of pyridine rings is 1. The molecule has 5 nitrogen and oxygen atoms in total. The second-order valence-corrected chi connectivity index (χ2v) is 6.25. The first kappa shape index (κ1) is 14.8. The molecule has 0 atom stereocenters. The van der Waals surface area contributed by atoms with E-state index in [4.69, 9.17) is 0 Å². The highest BCUT2D eigenvalue weighted by atomic mass is 79.9. The highest BCUT2D eigenvalue weighted by molar-refractivity contribution is 9.10. The molecule has 0 aliphatic heterocycles. The van der Waals surface area contributed by atoms with Crippen molar-refractivity contribution in [3.05, 3.63) is 46.6 Å². The highest BCUT2D eigenvalue weighted by Gasteiger charge is 2.23. The summed E-state index contributed by atoms with van der Waals surface area (Å²) >= 11 is 3.48. The maximum atomic E-state index is 11.6. The maximum Gasteiger partial charge on any atom is 0.320 e. The molecule has 0 unspecified atom stereocenters. The second-order valence-electron chi connectivity index (χ2n) is 5.39. The van der Waals surface area contributed by atoms with Crippen LogP contribution in [0.2, 0.25) is 0 Å². The zero-order chi connectivity index (χ0) is 15.5. The van der Waals surface area contributed by atoms with E-state index in [1.54, 1.807) is 12.3 Å². The van der Waals surface area contributed by atoms with Gasteiger partial charge in [-0.3, -0.25) is 5.32 Å². The second kappa shape index (κ2) is 6.36. The number of anilines is 3. The zero-order valence-electron chi connectivity index (χ0n) is 12.2. The predicted octanol–water partition coefficient (Wildman–Crippen LogP) is 4.18. The number of rotatable bonds is 4. The summed E-state index contributed by atoms with van der Waals surface area (Å²) in [6.45, 7) is 2.04. The van der Waals surface area contributed by atoms with Gasteiger partial charge in [0.1, 0.15) is 5.82 Å². The van der Waals surface area contributed by atoms with E-state index in [-0.39, 0.29) is 6.03 Å². The molecular formula is C16H17BrN4O. The molecule has 22 heavy (non-hydrogen) atoms. The van der Waals surface area contributed by atoms with Gasteiger partial charge >= 0.3 is 6.03 Å². The summed E-state index contributed by atoms with van der Waals surface area (Å²) in [4.78, 5) is 15.9. The third-order valence-corrected chi connectivity index (χ3v) is 4.25. The largest absolute Gasteiger partial charge is 0.354 e. The molecule has 2 aromatic rings. The predicted molar refractivity (Wildman–Crippen MR) is 91.6 cm³/mol. The lowest BCUT2D eigenvalue weighted by molar-refractivity contribution is 0.251. The number of nitrogens with zero attached hydrogens (tertiary/aromatic N) is 1. The van der Waals surface area contributed by atoms with Gasteiger partial charge < -0.3 is 10.6 Å². The van der Waals surface area contributed by atoms with Crippen molar-refractivity contribution in [2.45, 2.75) is 25.8 Å². The number of aryl methyl sites for hydroxylation is 1. The van der Waals surface area contributed by atoms with E-state index in [9.17, 15) is 4.79 Å². The maximum absolute atomic E-state index is 11.6. The van der Waals surface area contributed by atoms with Gasteiger partial charge in [-0.25, -0.2) is 9.78 Å². The number of hydrogen-bond acceptors (Lipinski definition) is 3. The molecule has 1 aliphatic rings. The Morgan fingerprint density at radius 1 is 1.23 bits per heavy atom. The van der Waals surface area contributed by atoms with Crippen LogP contribution in [0.3, 0.4) is 0 Å². The van der Waals surface area contributed by atoms with Gasteiger partial charge in [0, 0.05) is 16.2 Å². The van der Waals surface area contributed by atoms with Gasteiger partial charge in [-0.05, 0) is 55.7 Å². The van der Waals surface area contributed by atoms with Crippen LogP contribution >= 0.6 is 15.9 Å². The summed E-state index contributed by atoms with van der Waals surface area (Å²) in [7, 11) is 0. The Bertz CT molecular complexity index is 683. The summed E-state index contributed by atoms with van der Waals surface area (Å²) < 4.78 is 1.08. The number of benzene rings is 1. The molecular weight excluding hydrogens is 344 g/mol. The Balaban J connectivity index is 1.60. The summed E-state index contributed by atoms with van der Waals surface area (Å²) in [5.41, 5.74) is 3.03. The Kier molecular flexibility index (Phi) is 4.29. The van der Waals surface area contributed by atoms with Crippen molar-refractivity contribution >= 4 is 39.2 Å². The molecule has 1 heterocycles. The Morgan fingerprint density at radius 3 is 2.64 bits per heavy atom. The first-order chi connectivity index (χ1) is 10.6. The third-order valence-electron chi connectivity index (χ3n) is 3.36. The van der Waals surface area contributed by atoms with Crippen molar-refractivity contribution in [1.82, 2.24) is 10.3 Å². The van der Waals surface area contributed by atoms with E-state index in [1.807, 2.05) is 25.1 Å². The Hall–Kier alpha value is -2.08. The molecule has 0 radical (unpaired) electrons. The topological polar surface area (TPSA) is 66.0 Å². The lowest BCUT2D eigenvalue weighted by atomic mass is 10.2. The van der Waals surface area contributed by atoms with Crippen LogP contribution < -0.4 is 16.0 Å². The molecule has 1 aromatic heterocycles. The van der Waals surface area contributed by atoms with Gasteiger partial charge in [0.2, 0.25) is 0 Å². The smallest absolute Gasteiger partial charge is 0.320 e. The summed E-state index contributed by atoms with van der Waals surface area (Å²) in [5, 5.41) is 8.87. The molecule has 1 fully saturated rings. The van der Waals surface area contributed by atoms with Gasteiger partial charge in [-0.1, -0.05) is 15.9 Å². The van der Waals surface area contributed by atoms with Crippen LogP contribution in [0.15, 0.2) is 41.0 Å². The van der Waals surface area contributed by atoms with Crippen molar-refractivity contribution in [3.63, 3.8) is 0 Å². The Labute approximate surface area is 137 Å². The standard InChI is InChI=1S/C16H17BrN4O/c1-10-8-12(4-6-14(10)17)19-13-5-7-15(18-9-13)21-16(22)20-11-2-3-11/h4-9,11,19H,2-3H2,1H3,(H2,18,20,21,22). The summed E-state index contributed by atoms with van der Waals surface area (Å²) in [6, 6.07) is 9.85. The number of hydrogen-bond donors (Lipinski definition) is 3. The molecule has 0 bridgehead atoms. The number of aromatic nitrogens is 1. The third kappa shape index (κ3) is 3.98. The van der Waals surface area contributed by atoms with Crippen LogP contribution in [-0.2, 0) is 0 Å². The quantitative estimate of drug-likeness (QED) is 0.765. The summed E-state index contributed by atoms with van der Waals surface area (Å²) in [6.07, 6.45) is 3.83. The Morgan fingerprint density at radius 2 is 2.00 bits per heavy atom. The fourth-order valence-electron chi connectivity index (χ4n) is 2.00. The van der Waals surface area contributed by atoms with Crippen LogP contribution in [-0.4, -0.2) is 17.1 Å². The molecule has 0 spiro atoms. The van der Waals surface area contributed by atoms with Gasteiger partial charge in [0.25, 0.3) is 0 Å². The van der Waals surface area contributed by atoms with Gasteiger partial charge in [-0.15, -0.1) is 0 Å². The number of urea groups is 1. The molecule has 1 aromatic carbocycles. The molecule has 114 valence electrons. The van der Waals surface area contributed by atoms with Crippen LogP contribution in [0.4, 0.5) is 22.0 Å². The van der Waals surface area contributed by atoms with Gasteiger partial charge in [0.15, 0.2) is 0 Å². The van der Waals surface area contributed by atoms with Gasteiger partial charge in [-0.2, -0.15) is 0 Å². The van der Waals surface area contributed by atoms with E-state index in [0.717, 1.165) is 34.3 Å². The van der Waals surface area contributed by atoms with Crippen LogP contribution in [0.25, 0.3) is 0 Å². The number of halogens is 1. The van der Waals surface area contributed by atoms with E-state index in [0.29, 0.717) is 11.9 Å². The minimum absolute atomic E-state index is 0.195. The molecule has 6 heteroatoms. The van der Waals surface area contributed by atoms with Crippen molar-refractivity contribution < 1.29 is 4.79 Å². The average Bonchev–Trinajstić information content (AvgIpc) is 3.29. The molecule has 1 aliphatic carbocycles. The molecule has 3 N–H and O–H groups in total. The number of amides is 2. The van der Waals surface area contributed by atoms with Crippen molar-refractivity contribution in [2.75, 3.05) is 10.6 Å². The van der Waals surface area contributed by atoms with Crippen LogP contribution in [0.5, 0.6) is 0 Å². The van der Waals surface area contributed by atoms with Gasteiger partial charge in [0.05, 0.1) is 11.9 Å². The minimum atomic E-state index is -0.195. The lowest BCUT2D eigenvalue weighted by Gasteiger charge is -2.09. The van der Waals surface area contributed by atoms with Crippen molar-refractivity contribution in [2.24, 2.45) is 0 Å². The molecule has 0 saturated heterocycles. The fourth-order valence-corrected chi connectivity index (χ4v) is 2.24. The van der Waals surface area contributed by atoms with E-state index >= 15 is 0 Å². The van der Waals surface area contributed by atoms with Crippen LogP contribution in [0.1, 0.15) is 18.4 Å². The first-order valence-electron chi connectivity index (χ1n) is 7.17. The molecule has 1 saturated carbocycles. The van der Waals surface area contributed by atoms with E-state index < -0.39 is 0 Å². The number of nitrogens with one attached hydrogen (secondary N) is 3. The van der Waals surface area contributed by atoms with E-state index in [2.05, 4.69) is 42.9 Å².